The Kier molecular flexibility index (Phi) is 8.71. The van der Waals surface area contributed by atoms with Crippen molar-refractivity contribution in [2.75, 3.05) is 13.2 Å². The van der Waals surface area contributed by atoms with E-state index in [4.69, 9.17) is 0 Å². The van der Waals surface area contributed by atoms with Crippen molar-refractivity contribution in [3.8, 4) is 0 Å². The van der Waals surface area contributed by atoms with Crippen LogP contribution in [0.1, 0.15) is 146 Å². The van der Waals surface area contributed by atoms with Gasteiger partial charge in [-0.05, 0) is 165 Å². The number of alkyl halides is 1. The lowest BCUT2D eigenvalue weighted by Crippen LogP contribution is -2.68. The molecular weight excluding hydrogens is 581 g/mol. The highest BCUT2D eigenvalue weighted by atomic mass is 19.1. The zero-order chi connectivity index (χ0) is 34.4. The monoisotopic (exact) mass is 650 g/mol. The first-order valence-corrected chi connectivity index (χ1v) is 19.4. The molecule has 264 valence electrons. The van der Waals surface area contributed by atoms with Crippen LogP contribution >= 0.6 is 0 Å². The molecule has 3 nitrogen and oxygen atoms in total. The standard InChI is InChI=1S/C43H68FNO2/c1-28(2)30-15-22-43(45-26-25-37(3,4)5)24-23-40(9)32(35(30)43)11-12-34-39(8)18-16-31(38(6,7)33(39)17-19-41(34,40)10)29-13-20-42(27-44,21-14-29)36(46)47/h13,16,30,32-35,45H,1,11-12,14-15,17-27H2,2-10H3,(H,46,47)/t30-,32+,33-,34+,35+,39-,40+,41+,42-,43-/m0/s1. The van der Waals surface area contributed by atoms with Crippen molar-refractivity contribution in [3.05, 3.63) is 35.5 Å². The summed E-state index contributed by atoms with van der Waals surface area (Å²) in [5.74, 6) is 2.38. The number of hydrogen-bond acceptors (Lipinski definition) is 2. The molecule has 2 N–H and O–H groups in total. The Bertz CT molecular complexity index is 1340. The van der Waals surface area contributed by atoms with Crippen molar-refractivity contribution in [3.63, 3.8) is 0 Å². The number of carboxylic acid groups (broad SMARTS) is 1. The molecule has 4 heteroatoms. The maximum absolute atomic E-state index is 13.9. The van der Waals surface area contributed by atoms with Gasteiger partial charge in [0.25, 0.3) is 0 Å². The molecule has 6 aliphatic rings. The molecule has 0 aromatic heterocycles. The van der Waals surface area contributed by atoms with Crippen molar-refractivity contribution in [1.29, 1.82) is 0 Å². The zero-order valence-electron chi connectivity index (χ0n) is 31.6. The normalized spacial score (nSPS) is 45.9. The Labute approximate surface area is 287 Å². The topological polar surface area (TPSA) is 49.3 Å². The quantitative estimate of drug-likeness (QED) is 0.270. The fraction of sp³-hybridized carbons (Fsp3) is 0.837. The van der Waals surface area contributed by atoms with Crippen LogP contribution in [0.2, 0.25) is 0 Å². The molecule has 0 spiro atoms. The summed E-state index contributed by atoms with van der Waals surface area (Å²) >= 11 is 0. The van der Waals surface area contributed by atoms with Crippen LogP contribution in [0.4, 0.5) is 4.39 Å². The molecule has 0 unspecified atom stereocenters. The lowest BCUT2D eigenvalue weighted by molar-refractivity contribution is -0.221. The molecule has 0 aliphatic heterocycles. The molecule has 6 aliphatic carbocycles. The number of allylic oxidation sites excluding steroid dienone is 5. The number of nitrogens with one attached hydrogen (secondary N) is 1. The summed E-state index contributed by atoms with van der Waals surface area (Å²) in [7, 11) is 0. The van der Waals surface area contributed by atoms with Gasteiger partial charge in [-0.15, -0.1) is 0 Å². The Balaban J connectivity index is 1.30. The predicted molar refractivity (Wildman–Crippen MR) is 193 cm³/mol. The fourth-order valence-corrected chi connectivity index (χ4v) is 13.8. The van der Waals surface area contributed by atoms with Gasteiger partial charge in [-0.3, -0.25) is 4.79 Å². The molecule has 4 saturated carbocycles. The summed E-state index contributed by atoms with van der Waals surface area (Å²) in [6, 6.07) is 0. The van der Waals surface area contributed by atoms with Crippen LogP contribution in [0.5, 0.6) is 0 Å². The van der Waals surface area contributed by atoms with E-state index in [2.05, 4.69) is 86.4 Å². The molecular formula is C43H68FNO2. The Morgan fingerprint density at radius 2 is 1.66 bits per heavy atom. The Morgan fingerprint density at radius 1 is 0.936 bits per heavy atom. The highest BCUT2D eigenvalue weighted by molar-refractivity contribution is 5.75. The van der Waals surface area contributed by atoms with Crippen LogP contribution in [0, 0.1) is 62.1 Å². The predicted octanol–water partition coefficient (Wildman–Crippen LogP) is 11.1. The van der Waals surface area contributed by atoms with E-state index in [-0.39, 0.29) is 16.4 Å². The molecule has 0 bridgehead atoms. The number of aliphatic carboxylic acids is 1. The highest BCUT2D eigenvalue weighted by Crippen LogP contribution is 2.76. The maximum Gasteiger partial charge on any atom is 0.312 e. The van der Waals surface area contributed by atoms with E-state index in [9.17, 15) is 14.3 Å². The van der Waals surface area contributed by atoms with Gasteiger partial charge in [-0.25, -0.2) is 4.39 Å². The van der Waals surface area contributed by atoms with Gasteiger partial charge in [0.15, 0.2) is 0 Å². The molecule has 47 heavy (non-hydrogen) atoms. The first-order chi connectivity index (χ1) is 21.8. The number of hydrogen-bond donors (Lipinski definition) is 2. The molecule has 0 aromatic rings. The van der Waals surface area contributed by atoms with Crippen molar-refractivity contribution in [1.82, 2.24) is 5.32 Å². The molecule has 0 radical (unpaired) electrons. The fourth-order valence-electron chi connectivity index (χ4n) is 13.8. The van der Waals surface area contributed by atoms with Crippen LogP contribution < -0.4 is 5.32 Å². The number of halogens is 1. The summed E-state index contributed by atoms with van der Waals surface area (Å²) in [6.07, 6.45) is 18.9. The van der Waals surface area contributed by atoms with Crippen LogP contribution in [-0.2, 0) is 4.79 Å². The average molecular weight is 650 g/mol. The summed E-state index contributed by atoms with van der Waals surface area (Å²) in [4.78, 5) is 12.0. The van der Waals surface area contributed by atoms with Gasteiger partial charge >= 0.3 is 5.97 Å². The molecule has 0 amide bonds. The molecule has 0 aromatic carbocycles. The first-order valence-electron chi connectivity index (χ1n) is 19.4. The van der Waals surface area contributed by atoms with E-state index >= 15 is 0 Å². The van der Waals surface area contributed by atoms with Crippen molar-refractivity contribution in [2.24, 2.45) is 62.1 Å². The smallest absolute Gasteiger partial charge is 0.312 e. The first kappa shape index (κ1) is 35.4. The summed E-state index contributed by atoms with van der Waals surface area (Å²) in [6.45, 7) is 27.4. The second-order valence-electron chi connectivity index (χ2n) is 20.3. The molecule has 4 fully saturated rings. The molecule has 0 heterocycles. The van der Waals surface area contributed by atoms with Crippen molar-refractivity contribution in [2.45, 2.75) is 151 Å². The largest absolute Gasteiger partial charge is 0.481 e. The number of carbonyl (C=O) groups is 1. The van der Waals surface area contributed by atoms with Crippen molar-refractivity contribution >= 4 is 5.97 Å². The van der Waals surface area contributed by atoms with Gasteiger partial charge in [-0.1, -0.05) is 79.7 Å². The minimum Gasteiger partial charge on any atom is -0.481 e. The van der Waals surface area contributed by atoms with Gasteiger partial charge in [-0.2, -0.15) is 0 Å². The third kappa shape index (κ3) is 5.21. The number of rotatable bonds is 7. The van der Waals surface area contributed by atoms with E-state index < -0.39 is 18.1 Å². The summed E-state index contributed by atoms with van der Waals surface area (Å²) in [5.41, 5.74) is 4.42. The molecule has 10 atom stereocenters. The van der Waals surface area contributed by atoms with E-state index in [1.54, 1.807) is 0 Å². The highest BCUT2D eigenvalue weighted by Gasteiger charge is 2.70. The zero-order valence-corrected chi connectivity index (χ0v) is 31.6. The van der Waals surface area contributed by atoms with E-state index in [0.717, 1.165) is 18.9 Å². The lowest BCUT2D eigenvalue weighted by Gasteiger charge is -2.72. The second-order valence-corrected chi connectivity index (χ2v) is 20.3. The van der Waals surface area contributed by atoms with Gasteiger partial charge in [0.1, 0.15) is 6.67 Å². The van der Waals surface area contributed by atoms with Gasteiger partial charge in [0, 0.05) is 5.54 Å². The SMILES string of the molecule is C=C(C)[C@@H]1CC[C@]2(NCCC(C)(C)C)CC[C@]3(C)[C@H](CC[C@@H]4[C@@]5(C)CC=C(C6=CC[C@](CF)(C(=O)O)CC6)C(C)(C)[C@@H]5CC[C@]43C)[C@@H]12. The molecule has 6 rings (SSSR count). The van der Waals surface area contributed by atoms with Gasteiger partial charge < -0.3 is 10.4 Å². The van der Waals surface area contributed by atoms with Crippen LogP contribution in [0.15, 0.2) is 35.5 Å². The Morgan fingerprint density at radius 3 is 2.26 bits per heavy atom. The van der Waals surface area contributed by atoms with Crippen LogP contribution in [0.3, 0.4) is 0 Å². The van der Waals surface area contributed by atoms with Crippen molar-refractivity contribution < 1.29 is 14.3 Å². The second kappa shape index (κ2) is 11.6. The molecule has 0 saturated heterocycles. The lowest BCUT2D eigenvalue weighted by atomic mass is 9.33. The van der Waals surface area contributed by atoms with E-state index in [1.807, 2.05) is 0 Å². The maximum atomic E-state index is 13.9. The summed E-state index contributed by atoms with van der Waals surface area (Å²) in [5, 5.41) is 14.1. The number of fused-ring (bicyclic) bond motifs is 7. The van der Waals surface area contributed by atoms with Crippen LogP contribution in [0.25, 0.3) is 0 Å². The third-order valence-electron chi connectivity index (χ3n) is 16.7. The number of carboxylic acids is 1. The average Bonchev–Trinajstić information content (AvgIpc) is 3.37. The van der Waals surface area contributed by atoms with E-state index in [0.29, 0.717) is 59.2 Å². The van der Waals surface area contributed by atoms with Gasteiger partial charge in [0.05, 0.1) is 5.41 Å². The minimum atomic E-state index is -1.24. The summed E-state index contributed by atoms with van der Waals surface area (Å²) < 4.78 is 13.9. The van der Waals surface area contributed by atoms with E-state index in [1.165, 1.54) is 74.5 Å². The Hall–Kier alpha value is -1.42. The van der Waals surface area contributed by atoms with Crippen LogP contribution in [-0.4, -0.2) is 29.8 Å². The van der Waals surface area contributed by atoms with Gasteiger partial charge in [0.2, 0.25) is 0 Å². The third-order valence-corrected chi connectivity index (χ3v) is 16.7. The minimum absolute atomic E-state index is 0.0199.